The third-order valence-electron chi connectivity index (χ3n) is 3.00. The summed E-state index contributed by atoms with van der Waals surface area (Å²) in [5.74, 6) is 0.768. The number of nitrogens with zero attached hydrogens (tertiary/aromatic N) is 1. The van der Waals surface area contributed by atoms with Gasteiger partial charge in [0.05, 0.1) is 0 Å². The first kappa shape index (κ1) is 12.2. The molecule has 4 heteroatoms. The highest BCUT2D eigenvalue weighted by molar-refractivity contribution is 9.10. The van der Waals surface area contributed by atoms with E-state index < -0.39 is 0 Å². The van der Waals surface area contributed by atoms with Gasteiger partial charge in [0.15, 0.2) is 11.5 Å². The van der Waals surface area contributed by atoms with E-state index in [4.69, 9.17) is 10.2 Å². The Kier molecular flexibility index (Phi) is 3.25. The average Bonchev–Trinajstić information content (AvgIpc) is 2.80. The molecule has 0 bridgehead atoms. The molecule has 19 heavy (non-hydrogen) atoms. The van der Waals surface area contributed by atoms with Gasteiger partial charge in [-0.25, -0.2) is 4.98 Å². The van der Waals surface area contributed by atoms with Crippen LogP contribution in [0.4, 0.5) is 5.69 Å². The molecule has 1 heterocycles. The molecule has 0 unspecified atom stereocenters. The van der Waals surface area contributed by atoms with E-state index in [0.717, 1.165) is 40.0 Å². The number of nitrogen functional groups attached to an aromatic ring is 1. The van der Waals surface area contributed by atoms with Crippen molar-refractivity contribution in [2.75, 3.05) is 5.73 Å². The van der Waals surface area contributed by atoms with Gasteiger partial charge in [0.2, 0.25) is 0 Å². The molecular weight excluding hydrogens is 304 g/mol. The van der Waals surface area contributed by atoms with Crippen LogP contribution in [0.15, 0.2) is 51.4 Å². The minimum Gasteiger partial charge on any atom is -0.441 e. The van der Waals surface area contributed by atoms with Gasteiger partial charge >= 0.3 is 0 Å². The van der Waals surface area contributed by atoms with E-state index in [-0.39, 0.29) is 0 Å². The summed E-state index contributed by atoms with van der Waals surface area (Å²) >= 11 is 3.43. The van der Waals surface area contributed by atoms with Gasteiger partial charge < -0.3 is 10.2 Å². The molecule has 3 rings (SSSR count). The zero-order valence-corrected chi connectivity index (χ0v) is 11.9. The monoisotopic (exact) mass is 316 g/mol. The summed E-state index contributed by atoms with van der Waals surface area (Å²) in [4.78, 5) is 4.48. The molecule has 0 saturated heterocycles. The van der Waals surface area contributed by atoms with Crippen molar-refractivity contribution < 1.29 is 4.42 Å². The largest absolute Gasteiger partial charge is 0.441 e. The Morgan fingerprint density at radius 1 is 1.05 bits per heavy atom. The van der Waals surface area contributed by atoms with E-state index in [1.165, 1.54) is 5.56 Å². The second kappa shape index (κ2) is 5.05. The quantitative estimate of drug-likeness (QED) is 0.744. The van der Waals surface area contributed by atoms with Crippen molar-refractivity contribution in [3.63, 3.8) is 0 Å². The summed E-state index contributed by atoms with van der Waals surface area (Å²) < 4.78 is 6.72. The summed E-state index contributed by atoms with van der Waals surface area (Å²) in [5.41, 5.74) is 9.40. The van der Waals surface area contributed by atoms with Crippen molar-refractivity contribution in [1.82, 2.24) is 4.98 Å². The van der Waals surface area contributed by atoms with E-state index in [1.807, 2.05) is 42.5 Å². The number of anilines is 1. The van der Waals surface area contributed by atoms with Gasteiger partial charge in [-0.3, -0.25) is 0 Å². The fourth-order valence-electron chi connectivity index (χ4n) is 1.99. The Bertz CT molecular complexity index is 704. The molecule has 0 amide bonds. The van der Waals surface area contributed by atoms with Crippen LogP contribution < -0.4 is 5.73 Å². The molecule has 2 N–H and O–H groups in total. The van der Waals surface area contributed by atoms with Crippen LogP contribution in [0.5, 0.6) is 0 Å². The molecule has 0 spiro atoms. The molecule has 0 aliphatic rings. The van der Waals surface area contributed by atoms with Gasteiger partial charge in [0.1, 0.15) is 5.52 Å². The third kappa shape index (κ3) is 2.79. The standard InChI is InChI=1S/C15H13BrN2O/c16-11-4-7-14-13(9-11)18-15(19-14)8-3-10-1-5-12(17)6-2-10/h1-2,4-7,9H,3,8,17H2. The summed E-state index contributed by atoms with van der Waals surface area (Å²) in [6, 6.07) is 13.8. The first-order chi connectivity index (χ1) is 9.20. The number of nitrogens with two attached hydrogens (primary N) is 1. The van der Waals surface area contributed by atoms with Crippen LogP contribution in [0.25, 0.3) is 11.1 Å². The number of halogens is 1. The Morgan fingerprint density at radius 2 is 1.84 bits per heavy atom. The fourth-order valence-corrected chi connectivity index (χ4v) is 2.34. The van der Waals surface area contributed by atoms with Gasteiger partial charge in [-0.05, 0) is 42.3 Å². The van der Waals surface area contributed by atoms with Crippen LogP contribution >= 0.6 is 15.9 Å². The topological polar surface area (TPSA) is 52.0 Å². The number of aromatic nitrogens is 1. The smallest absolute Gasteiger partial charge is 0.195 e. The molecule has 0 aliphatic carbocycles. The number of benzene rings is 2. The molecule has 1 aromatic heterocycles. The molecule has 0 saturated carbocycles. The lowest BCUT2D eigenvalue weighted by Crippen LogP contribution is -1.92. The van der Waals surface area contributed by atoms with E-state index in [0.29, 0.717) is 0 Å². The van der Waals surface area contributed by atoms with Crippen LogP contribution in [0.3, 0.4) is 0 Å². The van der Waals surface area contributed by atoms with Crippen molar-refractivity contribution in [3.8, 4) is 0 Å². The lowest BCUT2D eigenvalue weighted by atomic mass is 10.1. The molecule has 0 aliphatic heterocycles. The maximum Gasteiger partial charge on any atom is 0.195 e. The van der Waals surface area contributed by atoms with Crippen LogP contribution in [0, 0.1) is 0 Å². The van der Waals surface area contributed by atoms with Crippen LogP contribution in [-0.2, 0) is 12.8 Å². The van der Waals surface area contributed by atoms with Crippen LogP contribution in [0.2, 0.25) is 0 Å². The van der Waals surface area contributed by atoms with E-state index in [2.05, 4.69) is 20.9 Å². The summed E-state index contributed by atoms with van der Waals surface area (Å²) in [7, 11) is 0. The molecule has 96 valence electrons. The number of oxazole rings is 1. The third-order valence-corrected chi connectivity index (χ3v) is 3.49. The highest BCUT2D eigenvalue weighted by atomic mass is 79.9. The first-order valence-electron chi connectivity index (χ1n) is 6.10. The minimum atomic E-state index is 0.768. The molecule has 3 nitrogen and oxygen atoms in total. The molecule has 0 radical (unpaired) electrons. The predicted octanol–water partition coefficient (Wildman–Crippen LogP) is 3.96. The maximum atomic E-state index is 5.71. The highest BCUT2D eigenvalue weighted by Crippen LogP contribution is 2.21. The van der Waals surface area contributed by atoms with Gasteiger partial charge in [-0.1, -0.05) is 28.1 Å². The van der Waals surface area contributed by atoms with Crippen molar-refractivity contribution in [1.29, 1.82) is 0 Å². The van der Waals surface area contributed by atoms with Gasteiger partial charge in [-0.15, -0.1) is 0 Å². The van der Waals surface area contributed by atoms with Crippen molar-refractivity contribution >= 4 is 32.7 Å². The average molecular weight is 317 g/mol. The van der Waals surface area contributed by atoms with E-state index >= 15 is 0 Å². The second-order valence-electron chi connectivity index (χ2n) is 4.46. The molecule has 0 atom stereocenters. The van der Waals surface area contributed by atoms with Gasteiger partial charge in [0.25, 0.3) is 0 Å². The lowest BCUT2D eigenvalue weighted by molar-refractivity contribution is 0.528. The van der Waals surface area contributed by atoms with Crippen molar-refractivity contribution in [2.24, 2.45) is 0 Å². The predicted molar refractivity (Wildman–Crippen MR) is 80.0 cm³/mol. The Morgan fingerprint density at radius 3 is 2.63 bits per heavy atom. The van der Waals surface area contributed by atoms with Gasteiger partial charge in [-0.2, -0.15) is 0 Å². The summed E-state index contributed by atoms with van der Waals surface area (Å²) in [6.45, 7) is 0. The highest BCUT2D eigenvalue weighted by Gasteiger charge is 2.06. The second-order valence-corrected chi connectivity index (χ2v) is 5.38. The van der Waals surface area contributed by atoms with Crippen molar-refractivity contribution in [3.05, 3.63) is 58.4 Å². The molecule has 3 aromatic rings. The molecule has 0 fully saturated rings. The number of rotatable bonds is 3. The zero-order valence-electron chi connectivity index (χ0n) is 10.3. The molecule has 2 aromatic carbocycles. The number of hydrogen-bond donors (Lipinski definition) is 1. The Labute approximate surface area is 119 Å². The SMILES string of the molecule is Nc1ccc(CCc2nc3cc(Br)ccc3o2)cc1. The van der Waals surface area contributed by atoms with Crippen LogP contribution in [0.1, 0.15) is 11.5 Å². The Balaban J connectivity index is 1.76. The lowest BCUT2D eigenvalue weighted by Gasteiger charge is -1.99. The fraction of sp³-hybridized carbons (Fsp3) is 0.133. The number of aryl methyl sites for hydroxylation is 2. The van der Waals surface area contributed by atoms with Gasteiger partial charge in [0, 0.05) is 16.6 Å². The molecular formula is C15H13BrN2O. The van der Waals surface area contributed by atoms with Crippen LogP contribution in [-0.4, -0.2) is 4.98 Å². The minimum absolute atomic E-state index is 0.768. The summed E-state index contributed by atoms with van der Waals surface area (Å²) in [6.07, 6.45) is 1.69. The normalized spacial score (nSPS) is 11.0. The van der Waals surface area contributed by atoms with Crippen molar-refractivity contribution in [2.45, 2.75) is 12.8 Å². The first-order valence-corrected chi connectivity index (χ1v) is 6.89. The Hall–Kier alpha value is -1.81. The van der Waals surface area contributed by atoms with E-state index in [9.17, 15) is 0 Å². The summed E-state index contributed by atoms with van der Waals surface area (Å²) in [5, 5.41) is 0. The number of hydrogen-bond acceptors (Lipinski definition) is 3. The zero-order chi connectivity index (χ0) is 13.2. The number of fused-ring (bicyclic) bond motifs is 1. The van der Waals surface area contributed by atoms with E-state index in [1.54, 1.807) is 0 Å². The maximum absolute atomic E-state index is 5.71.